The van der Waals surface area contributed by atoms with E-state index in [0.29, 0.717) is 5.01 Å². The van der Waals surface area contributed by atoms with Gasteiger partial charge in [-0.25, -0.2) is 4.98 Å². The van der Waals surface area contributed by atoms with Crippen molar-refractivity contribution in [3.63, 3.8) is 0 Å². The van der Waals surface area contributed by atoms with Crippen molar-refractivity contribution in [3.8, 4) is 6.07 Å². The van der Waals surface area contributed by atoms with E-state index < -0.39 is 11.3 Å². The maximum absolute atomic E-state index is 12.8. The fraction of sp³-hybridized carbons (Fsp3) is 0.353. The zero-order chi connectivity index (χ0) is 15.6. The molecular weight excluding hydrogens is 280 g/mol. The number of Topliss-reactive ketones (excluding diaryl/α,β-unsaturated/α-hetero) is 1. The van der Waals surface area contributed by atoms with Gasteiger partial charge in [-0.1, -0.05) is 29.8 Å². The van der Waals surface area contributed by atoms with Crippen LogP contribution in [0.15, 0.2) is 29.6 Å². The number of hydrogen-bond donors (Lipinski definition) is 0. The Bertz CT molecular complexity index is 692. The van der Waals surface area contributed by atoms with E-state index >= 15 is 0 Å². The number of nitrogens with zero attached hydrogens (tertiary/aromatic N) is 2. The predicted molar refractivity (Wildman–Crippen MR) is 84.4 cm³/mol. The van der Waals surface area contributed by atoms with Crippen LogP contribution in [0.3, 0.4) is 0 Å². The first-order valence-electron chi connectivity index (χ1n) is 6.79. The summed E-state index contributed by atoms with van der Waals surface area (Å²) < 4.78 is 0. The molecule has 0 aliphatic rings. The minimum Gasteiger partial charge on any atom is -0.297 e. The zero-order valence-electron chi connectivity index (χ0n) is 12.7. The van der Waals surface area contributed by atoms with E-state index in [1.54, 1.807) is 0 Å². The minimum absolute atomic E-state index is 0.108. The molecule has 0 aliphatic heterocycles. The SMILES string of the molecule is Cc1ccc(C(C)(C)C(=O)[C@H](C#N)c2nc(C)cs2)cc1. The van der Waals surface area contributed by atoms with Crippen LogP contribution in [0.2, 0.25) is 0 Å². The third kappa shape index (κ3) is 3.03. The number of hydrogen-bond acceptors (Lipinski definition) is 4. The molecule has 0 unspecified atom stereocenters. The number of nitriles is 1. The summed E-state index contributed by atoms with van der Waals surface area (Å²) in [5, 5.41) is 11.9. The van der Waals surface area contributed by atoms with Crippen molar-refractivity contribution in [2.45, 2.75) is 39.0 Å². The van der Waals surface area contributed by atoms with Gasteiger partial charge < -0.3 is 0 Å². The molecule has 1 heterocycles. The van der Waals surface area contributed by atoms with Crippen LogP contribution >= 0.6 is 11.3 Å². The average molecular weight is 298 g/mol. The fourth-order valence-electron chi connectivity index (χ4n) is 2.20. The smallest absolute Gasteiger partial charge is 0.166 e. The summed E-state index contributed by atoms with van der Waals surface area (Å²) in [5.74, 6) is -0.914. The first-order chi connectivity index (χ1) is 9.86. The van der Waals surface area contributed by atoms with Crippen LogP contribution in [0.5, 0.6) is 0 Å². The summed E-state index contributed by atoms with van der Waals surface area (Å²) >= 11 is 1.37. The van der Waals surface area contributed by atoms with E-state index in [0.717, 1.165) is 16.8 Å². The van der Waals surface area contributed by atoms with Crippen LogP contribution in [0, 0.1) is 25.2 Å². The van der Waals surface area contributed by atoms with Crippen LogP contribution in [-0.4, -0.2) is 10.8 Å². The van der Waals surface area contributed by atoms with Gasteiger partial charge in [0.15, 0.2) is 11.7 Å². The zero-order valence-corrected chi connectivity index (χ0v) is 13.5. The molecule has 1 aromatic heterocycles. The third-order valence-corrected chi connectivity index (χ3v) is 4.69. The lowest BCUT2D eigenvalue weighted by Gasteiger charge is -2.25. The van der Waals surface area contributed by atoms with Gasteiger partial charge in [0, 0.05) is 11.1 Å². The Morgan fingerprint density at radius 3 is 2.38 bits per heavy atom. The van der Waals surface area contributed by atoms with E-state index in [1.165, 1.54) is 11.3 Å². The van der Waals surface area contributed by atoms with Crippen molar-refractivity contribution in [2.75, 3.05) is 0 Å². The van der Waals surface area contributed by atoms with Gasteiger partial charge in [0.2, 0.25) is 0 Å². The van der Waals surface area contributed by atoms with Crippen molar-refractivity contribution in [2.24, 2.45) is 0 Å². The molecule has 0 spiro atoms. The van der Waals surface area contributed by atoms with Gasteiger partial charge in [0.05, 0.1) is 11.5 Å². The number of rotatable bonds is 4. The molecule has 108 valence electrons. The third-order valence-electron chi connectivity index (χ3n) is 3.66. The molecule has 0 amide bonds. The first-order valence-corrected chi connectivity index (χ1v) is 7.67. The lowest BCUT2D eigenvalue weighted by molar-refractivity contribution is -0.123. The summed E-state index contributed by atoms with van der Waals surface area (Å²) in [7, 11) is 0. The molecule has 1 atom stereocenters. The molecule has 0 fully saturated rings. The lowest BCUT2D eigenvalue weighted by atomic mass is 9.76. The quantitative estimate of drug-likeness (QED) is 0.859. The van der Waals surface area contributed by atoms with Crippen molar-refractivity contribution in [3.05, 3.63) is 51.5 Å². The van der Waals surface area contributed by atoms with E-state index in [4.69, 9.17) is 0 Å². The summed E-state index contributed by atoms with van der Waals surface area (Å²) in [5.41, 5.74) is 2.20. The fourth-order valence-corrected chi connectivity index (χ4v) is 3.04. The molecule has 0 saturated carbocycles. The lowest BCUT2D eigenvalue weighted by Crippen LogP contribution is -2.33. The van der Waals surface area contributed by atoms with Crippen molar-refractivity contribution in [1.29, 1.82) is 5.26 Å². The average Bonchev–Trinajstić information content (AvgIpc) is 2.86. The van der Waals surface area contributed by atoms with E-state index in [1.807, 2.05) is 57.3 Å². The summed E-state index contributed by atoms with van der Waals surface area (Å²) in [6.07, 6.45) is 0. The topological polar surface area (TPSA) is 53.8 Å². The molecule has 3 nitrogen and oxygen atoms in total. The highest BCUT2D eigenvalue weighted by Gasteiger charge is 2.37. The van der Waals surface area contributed by atoms with Crippen molar-refractivity contribution in [1.82, 2.24) is 4.98 Å². The number of ketones is 1. The van der Waals surface area contributed by atoms with Crippen LogP contribution in [0.1, 0.15) is 41.6 Å². The maximum Gasteiger partial charge on any atom is 0.166 e. The van der Waals surface area contributed by atoms with Gasteiger partial charge in [-0.3, -0.25) is 4.79 Å². The van der Waals surface area contributed by atoms with Gasteiger partial charge in [-0.15, -0.1) is 11.3 Å². The molecule has 0 aliphatic carbocycles. The number of thiazole rings is 1. The number of carbonyl (C=O) groups is 1. The van der Waals surface area contributed by atoms with Crippen LogP contribution in [-0.2, 0) is 10.2 Å². The highest BCUT2D eigenvalue weighted by molar-refractivity contribution is 7.09. The van der Waals surface area contributed by atoms with Crippen LogP contribution < -0.4 is 0 Å². The molecule has 0 N–H and O–H groups in total. The van der Waals surface area contributed by atoms with Crippen LogP contribution in [0.4, 0.5) is 0 Å². The number of benzene rings is 1. The van der Waals surface area contributed by atoms with Gasteiger partial charge in [-0.2, -0.15) is 5.26 Å². The highest BCUT2D eigenvalue weighted by Crippen LogP contribution is 2.32. The second kappa shape index (κ2) is 5.79. The maximum atomic E-state index is 12.8. The second-order valence-corrected chi connectivity index (χ2v) is 6.63. The Morgan fingerprint density at radius 1 is 1.29 bits per heavy atom. The molecule has 0 bridgehead atoms. The summed E-state index contributed by atoms with van der Waals surface area (Å²) in [4.78, 5) is 17.1. The number of carbonyl (C=O) groups excluding carboxylic acids is 1. The van der Waals surface area contributed by atoms with E-state index in [-0.39, 0.29) is 5.78 Å². The molecule has 0 saturated heterocycles. The van der Waals surface area contributed by atoms with E-state index in [9.17, 15) is 10.1 Å². The second-order valence-electron chi connectivity index (χ2n) is 5.74. The summed E-state index contributed by atoms with van der Waals surface area (Å²) in [6, 6.07) is 9.99. The molecule has 2 aromatic rings. The molecule has 4 heteroatoms. The first kappa shape index (κ1) is 15.4. The van der Waals surface area contributed by atoms with Gasteiger partial charge in [0.25, 0.3) is 0 Å². The monoisotopic (exact) mass is 298 g/mol. The molecular formula is C17H18N2OS. The van der Waals surface area contributed by atoms with Gasteiger partial charge in [0.1, 0.15) is 5.01 Å². The normalized spacial score (nSPS) is 12.7. The predicted octanol–water partition coefficient (Wildman–Crippen LogP) is 3.91. The molecule has 0 radical (unpaired) electrons. The van der Waals surface area contributed by atoms with Crippen molar-refractivity contribution < 1.29 is 4.79 Å². The largest absolute Gasteiger partial charge is 0.297 e. The number of aryl methyl sites for hydroxylation is 2. The Morgan fingerprint density at radius 2 is 1.90 bits per heavy atom. The standard InChI is InChI=1S/C17H18N2OS/c1-11-5-7-13(8-6-11)17(3,4)15(20)14(9-18)16-19-12(2)10-21-16/h5-8,10,14H,1-4H3/t14-/m0/s1. The van der Waals surface area contributed by atoms with E-state index in [2.05, 4.69) is 11.1 Å². The van der Waals surface area contributed by atoms with Gasteiger partial charge in [-0.05, 0) is 33.3 Å². The number of aromatic nitrogens is 1. The van der Waals surface area contributed by atoms with Crippen molar-refractivity contribution >= 4 is 17.1 Å². The molecule has 2 rings (SSSR count). The Hall–Kier alpha value is -1.99. The Balaban J connectivity index is 2.36. The molecule has 1 aromatic carbocycles. The minimum atomic E-state index is -0.806. The molecule has 21 heavy (non-hydrogen) atoms. The Labute approximate surface area is 129 Å². The van der Waals surface area contributed by atoms with Crippen LogP contribution in [0.25, 0.3) is 0 Å². The summed E-state index contributed by atoms with van der Waals surface area (Å²) in [6.45, 7) is 7.61. The van der Waals surface area contributed by atoms with Gasteiger partial charge >= 0.3 is 0 Å². The Kier molecular flexibility index (Phi) is 4.24. The highest BCUT2D eigenvalue weighted by atomic mass is 32.1.